The number of aryl methyl sites for hydroxylation is 2. The fraction of sp³-hybridized carbons (Fsp3) is 0.588. The van der Waals surface area contributed by atoms with E-state index in [2.05, 4.69) is 31.3 Å². The quantitative estimate of drug-likeness (QED) is 0.636. The van der Waals surface area contributed by atoms with Gasteiger partial charge in [-0.1, -0.05) is 5.21 Å². The van der Waals surface area contributed by atoms with E-state index < -0.39 is 0 Å². The highest BCUT2D eigenvalue weighted by molar-refractivity contribution is 5.93. The molecule has 2 heterocycles. The Morgan fingerprint density at radius 2 is 2.12 bits per heavy atom. The topological polar surface area (TPSA) is 126 Å². The summed E-state index contributed by atoms with van der Waals surface area (Å²) >= 11 is 0. The van der Waals surface area contributed by atoms with Crippen molar-refractivity contribution < 1.29 is 14.0 Å². The van der Waals surface area contributed by atoms with Gasteiger partial charge in [-0.05, 0) is 45.1 Å². The van der Waals surface area contributed by atoms with Crippen LogP contribution in [0.3, 0.4) is 0 Å². The lowest BCUT2D eigenvalue weighted by Crippen LogP contribution is -2.41. The van der Waals surface area contributed by atoms with Crippen molar-refractivity contribution >= 4 is 11.8 Å². The molecule has 1 saturated carbocycles. The fourth-order valence-electron chi connectivity index (χ4n) is 3.25. The first-order chi connectivity index (χ1) is 12.6. The van der Waals surface area contributed by atoms with Crippen LogP contribution in [0.1, 0.15) is 54.0 Å². The van der Waals surface area contributed by atoms with Crippen molar-refractivity contribution in [1.29, 1.82) is 0 Å². The molecule has 26 heavy (non-hydrogen) atoms. The predicted molar refractivity (Wildman–Crippen MR) is 92.2 cm³/mol. The molecule has 0 atom stereocenters. The lowest BCUT2D eigenvalue weighted by molar-refractivity contribution is -0.126. The van der Waals surface area contributed by atoms with E-state index in [1.165, 1.54) is 6.26 Å². The molecule has 1 aliphatic rings. The minimum Gasteiger partial charge on any atom is -0.459 e. The van der Waals surface area contributed by atoms with Gasteiger partial charge in [0, 0.05) is 30.5 Å². The summed E-state index contributed by atoms with van der Waals surface area (Å²) < 4.78 is 5.22. The largest absolute Gasteiger partial charge is 0.459 e. The number of H-pyrrole nitrogens is 1. The average molecular weight is 360 g/mol. The smallest absolute Gasteiger partial charge is 0.287 e. The molecule has 0 bridgehead atoms. The second-order valence-corrected chi connectivity index (χ2v) is 6.68. The van der Waals surface area contributed by atoms with Gasteiger partial charge in [-0.25, -0.2) is 0 Å². The van der Waals surface area contributed by atoms with Crippen molar-refractivity contribution in [3.8, 4) is 0 Å². The number of rotatable bonds is 7. The van der Waals surface area contributed by atoms with Gasteiger partial charge in [0.25, 0.3) is 5.91 Å². The Hall–Kier alpha value is -2.71. The minimum absolute atomic E-state index is 0.0127. The van der Waals surface area contributed by atoms with Crippen LogP contribution in [0, 0.1) is 12.8 Å². The van der Waals surface area contributed by atoms with Crippen LogP contribution in [0.4, 0.5) is 0 Å². The van der Waals surface area contributed by atoms with Crippen molar-refractivity contribution in [3.63, 3.8) is 0 Å². The highest BCUT2D eigenvalue weighted by atomic mass is 16.3. The number of aromatic nitrogens is 4. The number of hydrogen-bond acceptors (Lipinski definition) is 6. The highest BCUT2D eigenvalue weighted by Gasteiger charge is 2.27. The molecule has 0 aromatic carbocycles. The molecule has 9 heteroatoms. The fourth-order valence-corrected chi connectivity index (χ4v) is 3.25. The number of aromatic amines is 1. The second-order valence-electron chi connectivity index (χ2n) is 6.68. The first kappa shape index (κ1) is 18.1. The third kappa shape index (κ3) is 4.68. The maximum atomic E-state index is 12.3. The van der Waals surface area contributed by atoms with Gasteiger partial charge in [0.15, 0.2) is 11.6 Å². The van der Waals surface area contributed by atoms with Crippen LogP contribution in [0.25, 0.3) is 0 Å². The molecule has 3 N–H and O–H groups in total. The van der Waals surface area contributed by atoms with E-state index in [1.54, 1.807) is 6.07 Å². The summed E-state index contributed by atoms with van der Waals surface area (Å²) in [6.45, 7) is 2.44. The second kappa shape index (κ2) is 8.59. The Morgan fingerprint density at radius 1 is 1.31 bits per heavy atom. The monoisotopic (exact) mass is 360 g/mol. The number of furan rings is 1. The zero-order valence-corrected chi connectivity index (χ0v) is 14.8. The first-order valence-electron chi connectivity index (χ1n) is 8.98. The number of carbonyl (C=O) groups excluding carboxylic acids is 2. The van der Waals surface area contributed by atoms with E-state index >= 15 is 0 Å². The van der Waals surface area contributed by atoms with Gasteiger partial charge >= 0.3 is 0 Å². The molecule has 0 spiro atoms. The summed E-state index contributed by atoms with van der Waals surface area (Å²) in [5, 5.41) is 19.6. The SMILES string of the molecule is Cc1ccoc1C(=O)NC1CCC(C(=O)NCCCc2nn[nH]n2)CC1. The Balaban J connectivity index is 1.34. The van der Waals surface area contributed by atoms with Crippen molar-refractivity contribution in [1.82, 2.24) is 31.3 Å². The molecule has 0 saturated heterocycles. The Kier molecular flexibility index (Phi) is 5.98. The van der Waals surface area contributed by atoms with Gasteiger partial charge in [-0.2, -0.15) is 5.21 Å². The lowest BCUT2D eigenvalue weighted by atomic mass is 9.85. The van der Waals surface area contributed by atoms with E-state index in [0.29, 0.717) is 24.6 Å². The summed E-state index contributed by atoms with van der Waals surface area (Å²) in [6, 6.07) is 1.86. The van der Waals surface area contributed by atoms with E-state index in [1.807, 2.05) is 6.92 Å². The first-order valence-corrected chi connectivity index (χ1v) is 8.98. The molecule has 3 rings (SSSR count). The summed E-state index contributed by atoms with van der Waals surface area (Å²) in [4.78, 5) is 24.4. The Morgan fingerprint density at radius 3 is 2.77 bits per heavy atom. The number of nitrogens with one attached hydrogen (secondary N) is 3. The molecule has 0 aliphatic heterocycles. The number of amides is 2. The molecule has 0 radical (unpaired) electrons. The molecule has 2 amide bonds. The maximum absolute atomic E-state index is 12.3. The van der Waals surface area contributed by atoms with Crippen LogP contribution >= 0.6 is 0 Å². The third-order valence-corrected chi connectivity index (χ3v) is 4.77. The molecule has 2 aromatic heterocycles. The molecule has 9 nitrogen and oxygen atoms in total. The summed E-state index contributed by atoms with van der Waals surface area (Å²) in [5.74, 6) is 0.944. The standard InChI is InChI=1S/C17H24N6O3/c1-11-8-10-26-15(11)17(25)19-13-6-4-12(5-7-13)16(24)18-9-2-3-14-20-22-23-21-14/h8,10,12-13H,2-7,9H2,1H3,(H,18,24)(H,19,25)(H,20,21,22,23). The summed E-state index contributed by atoms with van der Waals surface area (Å²) in [6.07, 6.45) is 6.13. The van der Waals surface area contributed by atoms with E-state index in [4.69, 9.17) is 4.42 Å². The number of tetrazole rings is 1. The molecule has 140 valence electrons. The predicted octanol–water partition coefficient (Wildman–Crippen LogP) is 1.14. The third-order valence-electron chi connectivity index (χ3n) is 4.77. The van der Waals surface area contributed by atoms with Crippen LogP contribution in [-0.4, -0.2) is 45.0 Å². The van der Waals surface area contributed by atoms with Gasteiger partial charge in [0.1, 0.15) is 0 Å². The Labute approximate surface area is 151 Å². The number of hydrogen-bond donors (Lipinski definition) is 3. The van der Waals surface area contributed by atoms with E-state index in [-0.39, 0.29) is 23.8 Å². The zero-order chi connectivity index (χ0) is 18.4. The van der Waals surface area contributed by atoms with Gasteiger partial charge in [-0.3, -0.25) is 9.59 Å². The molecule has 1 aliphatic carbocycles. The van der Waals surface area contributed by atoms with E-state index in [0.717, 1.165) is 37.7 Å². The molecular formula is C17H24N6O3. The van der Waals surface area contributed by atoms with Crippen LogP contribution in [-0.2, 0) is 11.2 Å². The lowest BCUT2D eigenvalue weighted by Gasteiger charge is -2.28. The van der Waals surface area contributed by atoms with Crippen molar-refractivity contribution in [2.75, 3.05) is 6.54 Å². The van der Waals surface area contributed by atoms with Crippen LogP contribution in [0.15, 0.2) is 16.7 Å². The number of carbonyl (C=O) groups is 2. The summed E-state index contributed by atoms with van der Waals surface area (Å²) in [5.41, 5.74) is 0.830. The van der Waals surface area contributed by atoms with Crippen LogP contribution < -0.4 is 10.6 Å². The van der Waals surface area contributed by atoms with Crippen molar-refractivity contribution in [2.45, 2.75) is 51.5 Å². The molecule has 2 aromatic rings. The average Bonchev–Trinajstić information content (AvgIpc) is 3.30. The number of nitrogens with zero attached hydrogens (tertiary/aromatic N) is 3. The maximum Gasteiger partial charge on any atom is 0.287 e. The minimum atomic E-state index is -0.179. The van der Waals surface area contributed by atoms with Crippen molar-refractivity contribution in [2.24, 2.45) is 5.92 Å². The molecular weight excluding hydrogens is 336 g/mol. The van der Waals surface area contributed by atoms with Crippen LogP contribution in [0.5, 0.6) is 0 Å². The van der Waals surface area contributed by atoms with Gasteiger partial charge in [-0.15, -0.1) is 10.2 Å². The highest BCUT2D eigenvalue weighted by Crippen LogP contribution is 2.25. The van der Waals surface area contributed by atoms with Crippen LogP contribution in [0.2, 0.25) is 0 Å². The molecule has 1 fully saturated rings. The van der Waals surface area contributed by atoms with Gasteiger partial charge in [0.2, 0.25) is 5.91 Å². The normalized spacial score (nSPS) is 19.9. The summed E-state index contributed by atoms with van der Waals surface area (Å²) in [7, 11) is 0. The Bertz CT molecular complexity index is 719. The van der Waals surface area contributed by atoms with Crippen molar-refractivity contribution in [3.05, 3.63) is 29.5 Å². The zero-order valence-electron chi connectivity index (χ0n) is 14.8. The van der Waals surface area contributed by atoms with E-state index in [9.17, 15) is 9.59 Å². The van der Waals surface area contributed by atoms with Gasteiger partial charge in [0.05, 0.1) is 6.26 Å². The molecule has 0 unspecified atom stereocenters. The van der Waals surface area contributed by atoms with Gasteiger partial charge < -0.3 is 15.1 Å².